The highest BCUT2D eigenvalue weighted by Gasteiger charge is 2.09. The van der Waals surface area contributed by atoms with E-state index < -0.39 is 0 Å². The minimum absolute atomic E-state index is 0.375. The zero-order valence-electron chi connectivity index (χ0n) is 8.38. The lowest BCUT2D eigenvalue weighted by Gasteiger charge is -2.04. The summed E-state index contributed by atoms with van der Waals surface area (Å²) >= 11 is 4.81. The molecule has 0 radical (unpaired) electrons. The number of nitrogen functional groups attached to an aromatic ring is 1. The molecule has 0 saturated carbocycles. The first-order valence-corrected chi connectivity index (χ1v) is 5.96. The predicted molar refractivity (Wildman–Crippen MR) is 64.9 cm³/mol. The molecule has 0 fully saturated rings. The molecule has 0 spiro atoms. The first-order chi connectivity index (χ1) is 7.70. The number of hydrazine groups is 1. The monoisotopic (exact) mass is 300 g/mol. The van der Waals surface area contributed by atoms with E-state index in [1.54, 1.807) is 12.4 Å². The number of aryl methyl sites for hydroxylation is 1. The Labute approximate surface area is 105 Å². The lowest BCUT2D eigenvalue weighted by atomic mass is 10.7. The van der Waals surface area contributed by atoms with E-state index in [1.165, 1.54) is 11.8 Å². The van der Waals surface area contributed by atoms with Gasteiger partial charge in [0.15, 0.2) is 5.16 Å². The highest BCUT2D eigenvalue weighted by Crippen LogP contribution is 2.30. The van der Waals surface area contributed by atoms with Crippen LogP contribution in [0.5, 0.6) is 0 Å². The summed E-state index contributed by atoms with van der Waals surface area (Å²) in [7, 11) is 1.92. The molecule has 0 unspecified atom stereocenters. The van der Waals surface area contributed by atoms with Gasteiger partial charge in [-0.05, 0) is 27.7 Å². The van der Waals surface area contributed by atoms with Gasteiger partial charge in [0, 0.05) is 25.6 Å². The van der Waals surface area contributed by atoms with Gasteiger partial charge in [0.05, 0.1) is 4.47 Å². The van der Waals surface area contributed by atoms with E-state index in [9.17, 15) is 0 Å². The van der Waals surface area contributed by atoms with E-state index in [0.717, 1.165) is 14.7 Å². The van der Waals surface area contributed by atoms with Crippen molar-refractivity contribution in [2.75, 3.05) is 5.43 Å². The first-order valence-electron chi connectivity index (χ1n) is 4.35. The van der Waals surface area contributed by atoms with Crippen molar-refractivity contribution in [3.63, 3.8) is 0 Å². The number of rotatable bonds is 3. The first kappa shape index (κ1) is 11.4. The fraction of sp³-hybridized carbons (Fsp3) is 0.125. The van der Waals surface area contributed by atoms with Gasteiger partial charge in [-0.3, -0.25) is 5.43 Å². The molecule has 0 amide bonds. The number of hydrogen-bond donors (Lipinski definition) is 2. The molecular weight excluding hydrogens is 292 g/mol. The highest BCUT2D eigenvalue weighted by atomic mass is 79.9. The number of aromatic nitrogens is 4. The molecule has 2 rings (SSSR count). The lowest BCUT2D eigenvalue weighted by molar-refractivity contribution is 0.788. The second kappa shape index (κ2) is 4.81. The summed E-state index contributed by atoms with van der Waals surface area (Å²) in [6.07, 6.45) is 5.26. The summed E-state index contributed by atoms with van der Waals surface area (Å²) in [6, 6.07) is 0. The Kier molecular flexibility index (Phi) is 3.42. The van der Waals surface area contributed by atoms with Gasteiger partial charge in [-0.2, -0.15) is 0 Å². The molecule has 3 N–H and O–H groups in total. The third-order valence-electron chi connectivity index (χ3n) is 1.81. The number of hydrogen-bond acceptors (Lipinski definition) is 6. The van der Waals surface area contributed by atoms with Crippen LogP contribution in [0, 0.1) is 0 Å². The average Bonchev–Trinajstić information content (AvgIpc) is 2.68. The molecule has 0 atom stereocenters. The van der Waals surface area contributed by atoms with Crippen LogP contribution >= 0.6 is 27.7 Å². The Hall–Kier alpha value is -1.12. The van der Waals surface area contributed by atoms with Crippen LogP contribution in [0.4, 0.5) is 5.95 Å². The van der Waals surface area contributed by atoms with Crippen LogP contribution in [0.2, 0.25) is 0 Å². The largest absolute Gasteiger partial charge is 0.329 e. The summed E-state index contributed by atoms with van der Waals surface area (Å²) in [4.78, 5) is 12.4. The molecule has 0 saturated heterocycles. The van der Waals surface area contributed by atoms with Gasteiger partial charge in [-0.15, -0.1) is 0 Å². The number of nitrogens with two attached hydrogens (primary N) is 1. The molecule has 0 aliphatic rings. The van der Waals surface area contributed by atoms with Crippen LogP contribution in [0.3, 0.4) is 0 Å². The molecule has 2 heterocycles. The van der Waals surface area contributed by atoms with Crippen molar-refractivity contribution < 1.29 is 0 Å². The molecule has 0 aromatic carbocycles. The summed E-state index contributed by atoms with van der Waals surface area (Å²) in [6.45, 7) is 0. The van der Waals surface area contributed by atoms with E-state index >= 15 is 0 Å². The number of nitrogens with zero attached hydrogens (tertiary/aromatic N) is 4. The fourth-order valence-electron chi connectivity index (χ4n) is 1.03. The summed E-state index contributed by atoms with van der Waals surface area (Å²) in [5, 5.41) is 1.61. The second-order valence-corrected chi connectivity index (χ2v) is 4.72. The summed E-state index contributed by atoms with van der Waals surface area (Å²) in [5.41, 5.74) is 2.41. The minimum atomic E-state index is 0.375. The molecular formula is C8H9BrN6S. The lowest BCUT2D eigenvalue weighted by Crippen LogP contribution is -2.10. The third-order valence-corrected chi connectivity index (χ3v) is 3.73. The van der Waals surface area contributed by atoms with Gasteiger partial charge in [0.2, 0.25) is 5.95 Å². The smallest absolute Gasteiger partial charge is 0.238 e. The van der Waals surface area contributed by atoms with Crippen LogP contribution in [0.1, 0.15) is 0 Å². The zero-order chi connectivity index (χ0) is 11.5. The Morgan fingerprint density at radius 2 is 2.31 bits per heavy atom. The normalized spacial score (nSPS) is 10.4. The highest BCUT2D eigenvalue weighted by molar-refractivity contribution is 9.10. The van der Waals surface area contributed by atoms with Crippen molar-refractivity contribution in [1.29, 1.82) is 0 Å². The Morgan fingerprint density at radius 1 is 1.50 bits per heavy atom. The van der Waals surface area contributed by atoms with E-state index in [2.05, 4.69) is 36.3 Å². The topological polar surface area (TPSA) is 81.7 Å². The van der Waals surface area contributed by atoms with Crippen molar-refractivity contribution in [2.24, 2.45) is 12.9 Å². The quantitative estimate of drug-likeness (QED) is 0.507. The van der Waals surface area contributed by atoms with Gasteiger partial charge < -0.3 is 4.57 Å². The molecule has 84 valence electrons. The zero-order valence-corrected chi connectivity index (χ0v) is 10.8. The molecule has 16 heavy (non-hydrogen) atoms. The fourth-order valence-corrected chi connectivity index (χ4v) is 2.24. The molecule has 2 aromatic heterocycles. The molecule has 2 aromatic rings. The Balaban J connectivity index is 2.30. The molecule has 0 aliphatic carbocycles. The van der Waals surface area contributed by atoms with Gasteiger partial charge in [-0.25, -0.2) is 20.8 Å². The van der Waals surface area contributed by atoms with E-state index in [-0.39, 0.29) is 0 Å². The maximum absolute atomic E-state index is 5.25. The van der Waals surface area contributed by atoms with Crippen molar-refractivity contribution in [2.45, 2.75) is 10.2 Å². The maximum Gasteiger partial charge on any atom is 0.238 e. The van der Waals surface area contributed by atoms with Crippen LogP contribution in [0.25, 0.3) is 0 Å². The van der Waals surface area contributed by atoms with Crippen molar-refractivity contribution in [3.05, 3.63) is 23.1 Å². The van der Waals surface area contributed by atoms with Crippen LogP contribution in [-0.4, -0.2) is 19.5 Å². The van der Waals surface area contributed by atoms with Crippen molar-refractivity contribution in [3.8, 4) is 0 Å². The van der Waals surface area contributed by atoms with Crippen molar-refractivity contribution >= 4 is 33.6 Å². The average molecular weight is 301 g/mol. The Morgan fingerprint density at radius 3 is 2.94 bits per heavy atom. The van der Waals surface area contributed by atoms with E-state index in [1.807, 2.05) is 17.8 Å². The summed E-state index contributed by atoms with van der Waals surface area (Å²) in [5.74, 6) is 5.63. The predicted octanol–water partition coefficient (Wildman–Crippen LogP) is 1.41. The van der Waals surface area contributed by atoms with Crippen molar-refractivity contribution in [1.82, 2.24) is 19.5 Å². The molecule has 0 aliphatic heterocycles. The number of halogens is 1. The van der Waals surface area contributed by atoms with E-state index in [0.29, 0.717) is 5.95 Å². The number of anilines is 1. The standard InChI is InChI=1S/C8H9BrN6S/c1-15-3-2-11-8(15)16-6-5(9)4-12-7(13-6)14-10/h2-4H,10H2,1H3,(H,12,13,14). The second-order valence-electron chi connectivity index (χ2n) is 2.91. The van der Waals surface area contributed by atoms with Crippen LogP contribution in [0.15, 0.2) is 33.2 Å². The molecule has 6 nitrogen and oxygen atoms in total. The van der Waals surface area contributed by atoms with E-state index in [4.69, 9.17) is 5.84 Å². The minimum Gasteiger partial charge on any atom is -0.329 e. The number of imidazole rings is 1. The molecule has 0 bridgehead atoms. The molecule has 8 heteroatoms. The van der Waals surface area contributed by atoms with Gasteiger partial charge in [0.1, 0.15) is 5.03 Å². The number of nitrogens with one attached hydrogen (secondary N) is 1. The van der Waals surface area contributed by atoms with Gasteiger partial charge in [-0.1, -0.05) is 0 Å². The van der Waals surface area contributed by atoms with Gasteiger partial charge in [0.25, 0.3) is 0 Å². The Bertz CT molecular complexity index is 499. The third kappa shape index (κ3) is 2.34. The summed E-state index contributed by atoms with van der Waals surface area (Å²) < 4.78 is 2.72. The van der Waals surface area contributed by atoms with Crippen LogP contribution < -0.4 is 11.3 Å². The van der Waals surface area contributed by atoms with Crippen LogP contribution in [-0.2, 0) is 7.05 Å². The SMILES string of the molecule is Cn1ccnc1Sc1nc(NN)ncc1Br. The van der Waals surface area contributed by atoms with Gasteiger partial charge >= 0.3 is 0 Å². The maximum atomic E-state index is 5.25.